The summed E-state index contributed by atoms with van der Waals surface area (Å²) in [6.45, 7) is 2.64. The number of carbonyl (C=O) groups excluding carboxylic acids is 3. The summed E-state index contributed by atoms with van der Waals surface area (Å²) < 4.78 is 95.5. The van der Waals surface area contributed by atoms with Gasteiger partial charge in [0.05, 0.1) is 78.8 Å². The second-order valence-electron chi connectivity index (χ2n) is 16.5. The first kappa shape index (κ1) is 52.2. The van der Waals surface area contributed by atoms with Gasteiger partial charge in [-0.05, 0) is 110 Å². The lowest BCUT2D eigenvalue weighted by atomic mass is 10.0. The van der Waals surface area contributed by atoms with Crippen molar-refractivity contribution in [3.8, 4) is 22.9 Å². The lowest BCUT2D eigenvalue weighted by Gasteiger charge is -2.13. The van der Waals surface area contributed by atoms with Crippen molar-refractivity contribution < 1.29 is 64.8 Å². The van der Waals surface area contributed by atoms with Crippen molar-refractivity contribution in [3.05, 3.63) is 166 Å². The molecule has 0 atom stereocenters. The van der Waals surface area contributed by atoms with E-state index in [0.29, 0.717) is 78.4 Å². The van der Waals surface area contributed by atoms with Gasteiger partial charge in [-0.15, -0.1) is 0 Å². The number of hydrogen-bond donors (Lipinski definition) is 3. The molecule has 0 saturated carbocycles. The van der Waals surface area contributed by atoms with E-state index in [1.54, 1.807) is 114 Å². The first-order valence-electron chi connectivity index (χ1n) is 22.2. The number of aryl methyl sites for hydroxylation is 2. The van der Waals surface area contributed by atoms with Gasteiger partial charge in [-0.1, -0.05) is 24.3 Å². The van der Waals surface area contributed by atoms with Crippen LogP contribution in [0.2, 0.25) is 0 Å². The Kier molecular flexibility index (Phi) is 15.5. The van der Waals surface area contributed by atoms with Crippen molar-refractivity contribution in [2.24, 2.45) is 0 Å². The fourth-order valence-electron chi connectivity index (χ4n) is 8.00. The highest BCUT2D eigenvalue weighted by Gasteiger charge is 2.28. The van der Waals surface area contributed by atoms with E-state index in [2.05, 4.69) is 20.6 Å². The second-order valence-corrected chi connectivity index (χ2v) is 16.5. The van der Waals surface area contributed by atoms with Crippen LogP contribution in [0.1, 0.15) is 76.5 Å². The average molecular weight is 1010 g/mol. The van der Waals surface area contributed by atoms with Gasteiger partial charge in [0, 0.05) is 35.6 Å². The van der Waals surface area contributed by atoms with Crippen molar-refractivity contribution in [2.75, 3.05) is 45.1 Å². The number of methoxy groups -OCH3 is 3. The summed E-state index contributed by atoms with van der Waals surface area (Å²) in [5, 5.41) is 14.9. The molecule has 14 nitrogen and oxygen atoms in total. The van der Waals surface area contributed by atoms with Crippen LogP contribution >= 0.6 is 0 Å². The topological polar surface area (TPSA) is 176 Å². The largest absolute Gasteiger partial charge is 0.496 e. The number of alkyl halides is 6. The van der Waals surface area contributed by atoms with Crippen LogP contribution in [0.3, 0.4) is 0 Å². The van der Waals surface area contributed by atoms with Crippen molar-refractivity contribution in [3.63, 3.8) is 0 Å². The molecule has 0 unspecified atom stereocenters. The molecule has 2 aromatic heterocycles. The minimum Gasteiger partial charge on any atom is -0.496 e. The summed E-state index contributed by atoms with van der Waals surface area (Å²) in [5.41, 5.74) is 6.34. The van der Waals surface area contributed by atoms with Crippen LogP contribution in [-0.4, -0.2) is 94.5 Å². The number of esters is 1. The number of carboxylic acid groups (broad SMARTS) is 1. The number of benzene rings is 6. The van der Waals surface area contributed by atoms with E-state index in [1.807, 2.05) is 0 Å². The number of nitrogens with one attached hydrogen (secondary N) is 2. The number of aromatic carboxylic acids is 1. The smallest absolute Gasteiger partial charge is 0.390 e. The standard InChI is InChI=1S/C27H24F3N3O4.C26H22F3N3O4/c1-16-12-18(8-9-19(16)26(35)37-3)33-15-32-24-21(31-11-10-27(28,29)30)13-17(14-22(24)33)25(34)20-6-4-5-7-23(20)36-2;1-15-11-17(7-8-18(15)25(34)35)32-14-31-23-20(30-10-9-26(27,28)29)12-16(13-21(23)32)24(33)19-5-3-4-6-22(19)36-2/h4-9,12-15,31H,10-11H2,1-3H3;3-8,11-14,30H,9-10H2,1-2H3,(H,34,35). The molecule has 0 saturated heterocycles. The third-order valence-corrected chi connectivity index (χ3v) is 11.6. The minimum atomic E-state index is -4.35. The molecule has 20 heteroatoms. The van der Waals surface area contributed by atoms with E-state index in [4.69, 9.17) is 14.2 Å². The van der Waals surface area contributed by atoms with Gasteiger partial charge in [-0.2, -0.15) is 26.3 Å². The van der Waals surface area contributed by atoms with Crippen LogP contribution in [0, 0.1) is 13.8 Å². The van der Waals surface area contributed by atoms with E-state index in [9.17, 15) is 50.6 Å². The Labute approximate surface area is 413 Å². The SMILES string of the molecule is COC(=O)c1ccc(-n2cnc3c(NCCC(F)(F)F)cc(C(=O)c4ccccc4OC)cc32)cc1C.COc1ccccc1C(=O)c1cc(NCCC(F)(F)F)c2ncn(-c3ccc(C(=O)O)c(C)c3)c2c1. The number of carboxylic acids is 1. The number of aromatic nitrogens is 4. The van der Waals surface area contributed by atoms with Gasteiger partial charge in [0.25, 0.3) is 0 Å². The number of halogens is 6. The van der Waals surface area contributed by atoms with E-state index < -0.39 is 43.7 Å². The highest BCUT2D eigenvalue weighted by Crippen LogP contribution is 2.33. The minimum absolute atomic E-state index is 0.143. The third kappa shape index (κ3) is 11.9. The van der Waals surface area contributed by atoms with E-state index in [1.165, 1.54) is 52.2 Å². The Morgan fingerprint density at radius 1 is 0.562 bits per heavy atom. The lowest BCUT2D eigenvalue weighted by molar-refractivity contribution is -0.132. The quantitative estimate of drug-likeness (QED) is 0.0475. The summed E-state index contributed by atoms with van der Waals surface area (Å²) in [4.78, 5) is 59.0. The molecule has 2 heterocycles. The van der Waals surface area contributed by atoms with E-state index in [-0.39, 0.29) is 40.5 Å². The van der Waals surface area contributed by atoms with Crippen molar-refractivity contribution in [1.29, 1.82) is 0 Å². The zero-order valence-corrected chi connectivity index (χ0v) is 39.7. The number of imidazole rings is 2. The average Bonchev–Trinajstić information content (AvgIpc) is 4.00. The van der Waals surface area contributed by atoms with Gasteiger partial charge in [-0.3, -0.25) is 18.7 Å². The van der Waals surface area contributed by atoms with Crippen LogP contribution < -0.4 is 20.1 Å². The number of fused-ring (bicyclic) bond motifs is 2. The molecule has 73 heavy (non-hydrogen) atoms. The van der Waals surface area contributed by atoms with Gasteiger partial charge < -0.3 is 30.0 Å². The molecule has 0 aliphatic carbocycles. The first-order valence-corrected chi connectivity index (χ1v) is 22.2. The number of carbonyl (C=O) groups is 4. The maximum atomic E-state index is 13.5. The maximum absolute atomic E-state index is 13.5. The summed E-state index contributed by atoms with van der Waals surface area (Å²) in [6.07, 6.45) is -7.80. The fraction of sp³-hybridized carbons (Fsp3) is 0.208. The summed E-state index contributed by atoms with van der Waals surface area (Å²) in [7, 11) is 4.19. The monoisotopic (exact) mass is 1010 g/mol. The summed E-state index contributed by atoms with van der Waals surface area (Å²) in [6, 6.07) is 29.4. The molecule has 3 N–H and O–H groups in total. The summed E-state index contributed by atoms with van der Waals surface area (Å²) in [5.74, 6) is -1.53. The predicted molar refractivity (Wildman–Crippen MR) is 261 cm³/mol. The van der Waals surface area contributed by atoms with Gasteiger partial charge in [-0.25, -0.2) is 19.6 Å². The zero-order valence-electron chi connectivity index (χ0n) is 39.7. The number of para-hydroxylation sites is 2. The summed E-state index contributed by atoms with van der Waals surface area (Å²) >= 11 is 0. The van der Waals surface area contributed by atoms with E-state index >= 15 is 0 Å². The molecule has 0 aliphatic rings. The van der Waals surface area contributed by atoms with Crippen LogP contribution in [0.4, 0.5) is 37.7 Å². The number of hydrogen-bond acceptors (Lipinski definition) is 11. The normalized spacial score (nSPS) is 11.4. The van der Waals surface area contributed by atoms with Crippen LogP contribution in [0.25, 0.3) is 33.4 Å². The number of ketones is 2. The van der Waals surface area contributed by atoms with Crippen LogP contribution in [-0.2, 0) is 4.74 Å². The molecule has 0 radical (unpaired) electrons. The molecule has 0 amide bonds. The third-order valence-electron chi connectivity index (χ3n) is 11.6. The number of anilines is 2. The zero-order chi connectivity index (χ0) is 52.8. The first-order chi connectivity index (χ1) is 34.7. The molecule has 0 aliphatic heterocycles. The lowest BCUT2D eigenvalue weighted by Crippen LogP contribution is -2.15. The molecule has 0 bridgehead atoms. The Morgan fingerprint density at radius 3 is 1.34 bits per heavy atom. The molecule has 8 aromatic rings. The second kappa shape index (κ2) is 21.8. The molecular formula is C53H46F6N6O8. The molecule has 378 valence electrons. The van der Waals surface area contributed by atoms with Gasteiger partial charge in [0.2, 0.25) is 0 Å². The fourth-order valence-corrected chi connectivity index (χ4v) is 8.00. The van der Waals surface area contributed by atoms with E-state index in [0.717, 1.165) is 0 Å². The Hall–Kier alpha value is -8.68. The number of ether oxygens (including phenoxy) is 3. The van der Waals surface area contributed by atoms with Gasteiger partial charge in [0.15, 0.2) is 11.6 Å². The van der Waals surface area contributed by atoms with Gasteiger partial charge >= 0.3 is 24.3 Å². The van der Waals surface area contributed by atoms with Crippen molar-refractivity contribution >= 4 is 56.9 Å². The number of rotatable bonds is 16. The molecular weight excluding hydrogens is 963 g/mol. The maximum Gasteiger partial charge on any atom is 0.390 e. The Bertz CT molecular complexity index is 3380. The Balaban J connectivity index is 0.000000214. The molecule has 0 spiro atoms. The number of nitrogens with zero attached hydrogens (tertiary/aromatic N) is 4. The molecule has 0 fully saturated rings. The van der Waals surface area contributed by atoms with Crippen molar-refractivity contribution in [1.82, 2.24) is 19.1 Å². The highest BCUT2D eigenvalue weighted by atomic mass is 19.4. The van der Waals surface area contributed by atoms with Crippen LogP contribution in [0.5, 0.6) is 11.5 Å². The Morgan fingerprint density at radius 2 is 0.973 bits per heavy atom. The predicted octanol–water partition coefficient (Wildman–Crippen LogP) is 11.4. The van der Waals surface area contributed by atoms with Crippen molar-refractivity contribution in [2.45, 2.75) is 39.0 Å². The molecule has 8 rings (SSSR count). The highest BCUT2D eigenvalue weighted by molar-refractivity contribution is 6.14. The van der Waals surface area contributed by atoms with Crippen LogP contribution in [0.15, 0.2) is 122 Å². The van der Waals surface area contributed by atoms with Gasteiger partial charge in [0.1, 0.15) is 35.2 Å². The molecule has 6 aromatic carbocycles.